The number of esters is 2. The maximum Gasteiger partial charge on any atom is 0.302 e. The van der Waals surface area contributed by atoms with Gasteiger partial charge in [0.25, 0.3) is 0 Å². The SMILES string of the molecule is CC(=O)OCC=C(C)CCC=C(C)CCC=C(C)C(OC(C(=O)c1ccccc1)C(C)=CCCC(C)=CCCC(C)=CCOC(C)=O)C(=O)c1ccccc1. The smallest absolute Gasteiger partial charge is 0.302 e. The number of hydrogen-bond acceptors (Lipinski definition) is 7. The molecule has 0 amide bonds. The topological polar surface area (TPSA) is 96.0 Å². The molecule has 2 unspecified atom stereocenters. The van der Waals surface area contributed by atoms with Crippen molar-refractivity contribution < 1.29 is 33.4 Å². The van der Waals surface area contributed by atoms with Crippen molar-refractivity contribution in [2.45, 2.75) is 119 Å². The van der Waals surface area contributed by atoms with Gasteiger partial charge in [-0.2, -0.15) is 0 Å². The van der Waals surface area contributed by atoms with Crippen molar-refractivity contribution in [3.8, 4) is 0 Å². The predicted octanol–water partition coefficient (Wildman–Crippen LogP) is 11.4. The summed E-state index contributed by atoms with van der Waals surface area (Å²) in [5.74, 6) is -0.945. The van der Waals surface area contributed by atoms with E-state index in [1.807, 2.05) is 76.2 Å². The summed E-state index contributed by atoms with van der Waals surface area (Å²) in [6.07, 6.45) is 17.1. The van der Waals surface area contributed by atoms with Gasteiger partial charge in [-0.25, -0.2) is 0 Å². The molecule has 0 aromatic heterocycles. The minimum Gasteiger partial charge on any atom is -0.462 e. The van der Waals surface area contributed by atoms with Crippen LogP contribution < -0.4 is 0 Å². The Morgan fingerprint density at radius 1 is 0.455 bits per heavy atom. The number of carbonyl (C=O) groups excluding carboxylic acids is 4. The van der Waals surface area contributed by atoms with E-state index in [4.69, 9.17) is 14.2 Å². The Bertz CT molecular complexity index is 1590. The van der Waals surface area contributed by atoms with Crippen molar-refractivity contribution >= 4 is 23.5 Å². The van der Waals surface area contributed by atoms with E-state index in [-0.39, 0.29) is 23.5 Å². The zero-order chi connectivity index (χ0) is 40.6. The maximum absolute atomic E-state index is 14.1. The van der Waals surface area contributed by atoms with E-state index in [1.165, 1.54) is 36.1 Å². The lowest BCUT2D eigenvalue weighted by atomic mass is 9.96. The van der Waals surface area contributed by atoms with Gasteiger partial charge < -0.3 is 14.2 Å². The van der Waals surface area contributed by atoms with Crippen LogP contribution in [0.1, 0.15) is 127 Å². The van der Waals surface area contributed by atoms with Gasteiger partial charge in [0.1, 0.15) is 25.4 Å². The molecule has 0 aliphatic carbocycles. The number of rotatable bonds is 24. The Hall–Kier alpha value is -4.88. The van der Waals surface area contributed by atoms with Gasteiger partial charge in [-0.1, -0.05) is 107 Å². The molecule has 2 rings (SSSR count). The molecule has 2 aromatic carbocycles. The van der Waals surface area contributed by atoms with Gasteiger partial charge in [0.05, 0.1) is 0 Å². The monoisotopic (exact) mass is 750 g/mol. The lowest BCUT2D eigenvalue weighted by molar-refractivity contribution is -0.140. The van der Waals surface area contributed by atoms with Gasteiger partial charge in [-0.05, 0) is 116 Å². The van der Waals surface area contributed by atoms with Crippen LogP contribution in [0.3, 0.4) is 0 Å². The molecule has 0 aliphatic heterocycles. The van der Waals surface area contributed by atoms with E-state index in [1.54, 1.807) is 24.3 Å². The summed E-state index contributed by atoms with van der Waals surface area (Å²) < 4.78 is 16.7. The highest BCUT2D eigenvalue weighted by atomic mass is 16.5. The van der Waals surface area contributed by atoms with Crippen LogP contribution >= 0.6 is 0 Å². The molecule has 2 atom stereocenters. The number of carbonyl (C=O) groups is 4. The third-order valence-electron chi connectivity index (χ3n) is 9.20. The zero-order valence-corrected chi connectivity index (χ0v) is 34.3. The summed E-state index contributed by atoms with van der Waals surface area (Å²) >= 11 is 0. The van der Waals surface area contributed by atoms with Gasteiger partial charge in [-0.3, -0.25) is 19.2 Å². The van der Waals surface area contributed by atoms with Gasteiger partial charge in [-0.15, -0.1) is 0 Å². The van der Waals surface area contributed by atoms with Crippen LogP contribution in [-0.2, 0) is 23.8 Å². The summed E-state index contributed by atoms with van der Waals surface area (Å²) in [6.45, 7) is 15.5. The Balaban J connectivity index is 2.25. The van der Waals surface area contributed by atoms with Gasteiger partial charge in [0.15, 0.2) is 11.6 Å². The minimum atomic E-state index is -0.948. The highest BCUT2D eigenvalue weighted by Crippen LogP contribution is 2.24. The third kappa shape index (κ3) is 19.3. The first-order valence-corrected chi connectivity index (χ1v) is 19.3. The lowest BCUT2D eigenvalue weighted by Gasteiger charge is -2.25. The Kier molecular flexibility index (Phi) is 21.9. The molecule has 0 radical (unpaired) electrons. The van der Waals surface area contributed by atoms with Crippen molar-refractivity contribution in [1.82, 2.24) is 0 Å². The van der Waals surface area contributed by atoms with Crippen LogP contribution in [0.15, 0.2) is 131 Å². The fourth-order valence-corrected chi connectivity index (χ4v) is 5.77. The summed E-state index contributed by atoms with van der Waals surface area (Å²) in [6, 6.07) is 18.2. The molecule has 7 nitrogen and oxygen atoms in total. The van der Waals surface area contributed by atoms with Gasteiger partial charge >= 0.3 is 11.9 Å². The van der Waals surface area contributed by atoms with Crippen molar-refractivity contribution in [1.29, 1.82) is 0 Å². The summed E-state index contributed by atoms with van der Waals surface area (Å²) in [7, 11) is 0. The first-order valence-electron chi connectivity index (χ1n) is 19.3. The maximum atomic E-state index is 14.1. The quantitative estimate of drug-likeness (QED) is 0.0599. The van der Waals surface area contributed by atoms with Crippen LogP contribution in [-0.4, -0.2) is 48.9 Å². The number of ketones is 2. The molecule has 0 spiro atoms. The minimum absolute atomic E-state index is 0.188. The van der Waals surface area contributed by atoms with Crippen molar-refractivity contribution in [2.75, 3.05) is 13.2 Å². The molecule has 296 valence electrons. The van der Waals surface area contributed by atoms with Gasteiger partial charge in [0.2, 0.25) is 0 Å². The van der Waals surface area contributed by atoms with Crippen LogP contribution in [0.4, 0.5) is 0 Å². The molecule has 0 fully saturated rings. The molecule has 7 heteroatoms. The highest BCUT2D eigenvalue weighted by Gasteiger charge is 2.31. The second kappa shape index (κ2) is 26.0. The fraction of sp³-hybridized carbons (Fsp3) is 0.417. The Labute approximate surface area is 329 Å². The molecule has 0 N–H and O–H groups in total. The first kappa shape index (κ1) is 46.3. The van der Waals surface area contributed by atoms with E-state index in [2.05, 4.69) is 38.2 Å². The van der Waals surface area contributed by atoms with Crippen LogP contribution in [0.25, 0.3) is 0 Å². The molecular weight excluding hydrogens is 689 g/mol. The normalized spacial score (nSPS) is 14.3. The standard InChI is InChI=1S/C48H62O7/c1-35(19-15-21-37(3)31-33-53-41(7)49)23-17-25-39(5)47(45(51)43-27-11-9-12-28-43)55-48(46(52)44-29-13-10-14-30-44)40(6)26-18-24-36(2)20-16-22-38(4)32-34-54-42(8)50/h9-14,19-20,25-32,47-48H,15-18,21-24,33-34H2,1-8H3. The number of allylic oxidation sites excluding steroid dienone is 8. The molecule has 0 heterocycles. The first-order chi connectivity index (χ1) is 26.3. The third-order valence-corrected chi connectivity index (χ3v) is 9.20. The molecule has 0 aliphatic rings. The second-order valence-corrected chi connectivity index (χ2v) is 14.2. The van der Waals surface area contributed by atoms with Crippen LogP contribution in [0.2, 0.25) is 0 Å². The van der Waals surface area contributed by atoms with E-state index < -0.39 is 12.2 Å². The molecule has 2 aromatic rings. The van der Waals surface area contributed by atoms with E-state index in [0.717, 1.165) is 62.5 Å². The van der Waals surface area contributed by atoms with Gasteiger partial charge in [0, 0.05) is 25.0 Å². The van der Waals surface area contributed by atoms with E-state index >= 15 is 0 Å². The molecule has 0 saturated heterocycles. The van der Waals surface area contributed by atoms with Crippen molar-refractivity contribution in [3.05, 3.63) is 142 Å². The Morgan fingerprint density at radius 2 is 0.764 bits per heavy atom. The highest BCUT2D eigenvalue weighted by molar-refractivity contribution is 6.03. The fourth-order valence-electron chi connectivity index (χ4n) is 5.77. The number of benzene rings is 2. The van der Waals surface area contributed by atoms with Crippen LogP contribution in [0.5, 0.6) is 0 Å². The van der Waals surface area contributed by atoms with Crippen molar-refractivity contribution in [2.24, 2.45) is 0 Å². The van der Waals surface area contributed by atoms with E-state index in [0.29, 0.717) is 24.3 Å². The molecule has 0 bridgehead atoms. The summed E-state index contributed by atoms with van der Waals surface area (Å²) in [4.78, 5) is 50.2. The predicted molar refractivity (Wildman–Crippen MR) is 223 cm³/mol. The number of hydrogen-bond donors (Lipinski definition) is 0. The lowest BCUT2D eigenvalue weighted by Crippen LogP contribution is -2.36. The summed E-state index contributed by atoms with van der Waals surface area (Å²) in [5, 5.41) is 0. The van der Waals surface area contributed by atoms with Crippen molar-refractivity contribution in [3.63, 3.8) is 0 Å². The number of ether oxygens (including phenoxy) is 3. The number of Topliss-reactive ketones (excluding diaryl/α,β-unsaturated/α-hetero) is 2. The largest absolute Gasteiger partial charge is 0.462 e. The van der Waals surface area contributed by atoms with E-state index in [9.17, 15) is 19.2 Å². The Morgan fingerprint density at radius 3 is 1.09 bits per heavy atom. The summed E-state index contributed by atoms with van der Waals surface area (Å²) in [5.41, 5.74) is 7.41. The zero-order valence-electron chi connectivity index (χ0n) is 34.3. The second-order valence-electron chi connectivity index (χ2n) is 14.2. The average molecular weight is 751 g/mol. The molecule has 55 heavy (non-hydrogen) atoms. The molecule has 0 saturated carbocycles. The molecular formula is C48H62O7. The average Bonchev–Trinajstić information content (AvgIpc) is 3.15. The van der Waals surface area contributed by atoms with Crippen LogP contribution in [0, 0.1) is 0 Å².